The zero-order valence-electron chi connectivity index (χ0n) is 15.0. The summed E-state index contributed by atoms with van der Waals surface area (Å²) in [6.07, 6.45) is 0. The van der Waals surface area contributed by atoms with E-state index in [1.165, 1.54) is 23.1 Å². The molecule has 130 valence electrons. The molecular weight excluding hydrogens is 352 g/mol. The minimum absolute atomic E-state index is 0.0606. The van der Waals surface area contributed by atoms with E-state index >= 15 is 0 Å². The standard InChI is InChI=1S/C19H20N2O2S2/c1-10-7-6-8-15(12(10)3)21-18(23)16-13(4)14(5)25-17(16)20-19(21)24-9-11(2)22/h6-8H,9H2,1-5H3. The number of rotatable bonds is 4. The second kappa shape index (κ2) is 6.77. The van der Waals surface area contributed by atoms with E-state index in [-0.39, 0.29) is 11.3 Å². The van der Waals surface area contributed by atoms with Crippen molar-refractivity contribution in [3.63, 3.8) is 0 Å². The summed E-state index contributed by atoms with van der Waals surface area (Å²) in [4.78, 5) is 31.4. The molecule has 3 aromatic rings. The van der Waals surface area contributed by atoms with E-state index in [9.17, 15) is 9.59 Å². The summed E-state index contributed by atoms with van der Waals surface area (Å²) in [7, 11) is 0. The highest BCUT2D eigenvalue weighted by Crippen LogP contribution is 2.30. The molecule has 0 amide bonds. The van der Waals surface area contributed by atoms with E-state index in [1.807, 2.05) is 45.9 Å². The van der Waals surface area contributed by atoms with Crippen LogP contribution in [-0.2, 0) is 4.79 Å². The Kier molecular flexibility index (Phi) is 4.84. The van der Waals surface area contributed by atoms with E-state index in [1.54, 1.807) is 11.5 Å². The third-order valence-electron chi connectivity index (χ3n) is 4.39. The van der Waals surface area contributed by atoms with Crippen LogP contribution in [0.2, 0.25) is 0 Å². The summed E-state index contributed by atoms with van der Waals surface area (Å²) in [6, 6.07) is 5.90. The number of carbonyl (C=O) groups excluding carboxylic acids is 1. The molecule has 2 heterocycles. The van der Waals surface area contributed by atoms with E-state index < -0.39 is 0 Å². The second-order valence-electron chi connectivity index (χ2n) is 6.21. The van der Waals surface area contributed by atoms with E-state index in [0.29, 0.717) is 16.3 Å². The molecule has 0 saturated heterocycles. The predicted molar refractivity (Wildman–Crippen MR) is 106 cm³/mol. The summed E-state index contributed by atoms with van der Waals surface area (Å²) in [5, 5.41) is 1.25. The number of aromatic nitrogens is 2. The van der Waals surface area contributed by atoms with Crippen LogP contribution in [0.25, 0.3) is 15.9 Å². The Hall–Kier alpha value is -1.92. The lowest BCUT2D eigenvalue weighted by molar-refractivity contribution is -0.114. The average Bonchev–Trinajstić information content (AvgIpc) is 2.83. The number of ketones is 1. The maximum Gasteiger partial charge on any atom is 0.267 e. The first-order valence-electron chi connectivity index (χ1n) is 8.02. The quantitative estimate of drug-likeness (QED) is 0.504. The number of aryl methyl sites for hydroxylation is 3. The van der Waals surface area contributed by atoms with Gasteiger partial charge in [0.1, 0.15) is 10.6 Å². The molecule has 0 aliphatic carbocycles. The summed E-state index contributed by atoms with van der Waals surface area (Å²) in [5.41, 5.74) is 3.91. The number of carbonyl (C=O) groups is 1. The fourth-order valence-electron chi connectivity index (χ4n) is 2.73. The molecule has 0 aliphatic rings. The number of fused-ring (bicyclic) bond motifs is 1. The average molecular weight is 373 g/mol. The Balaban J connectivity index is 2.37. The predicted octanol–water partition coefficient (Wildman–Crippen LogP) is 4.36. The topological polar surface area (TPSA) is 52.0 Å². The van der Waals surface area contributed by atoms with Gasteiger partial charge < -0.3 is 0 Å². The number of Topliss-reactive ketones (excluding diaryl/α,β-unsaturated/α-hetero) is 1. The van der Waals surface area contributed by atoms with Gasteiger partial charge in [-0.15, -0.1) is 11.3 Å². The third-order valence-corrected chi connectivity index (χ3v) is 6.58. The van der Waals surface area contributed by atoms with Crippen LogP contribution in [0.4, 0.5) is 0 Å². The number of thioether (sulfide) groups is 1. The Labute approximate surface area is 154 Å². The maximum absolute atomic E-state index is 13.3. The van der Waals surface area contributed by atoms with Gasteiger partial charge in [-0.2, -0.15) is 0 Å². The number of hydrogen-bond acceptors (Lipinski definition) is 5. The smallest absolute Gasteiger partial charge is 0.267 e. The summed E-state index contributed by atoms with van der Waals surface area (Å²) in [5.74, 6) is 0.358. The van der Waals surface area contributed by atoms with Gasteiger partial charge in [-0.1, -0.05) is 23.9 Å². The fraction of sp³-hybridized carbons (Fsp3) is 0.316. The van der Waals surface area contributed by atoms with Crippen LogP contribution in [0.1, 0.15) is 28.5 Å². The fourth-order valence-corrected chi connectivity index (χ4v) is 4.60. The molecule has 0 saturated carbocycles. The monoisotopic (exact) mass is 372 g/mol. The van der Waals surface area contributed by atoms with Crippen molar-refractivity contribution in [2.75, 3.05) is 5.75 Å². The summed E-state index contributed by atoms with van der Waals surface area (Å²) >= 11 is 2.85. The van der Waals surface area contributed by atoms with Crippen LogP contribution in [0.3, 0.4) is 0 Å². The molecule has 1 aromatic carbocycles. The largest absolute Gasteiger partial charge is 0.299 e. The molecule has 0 fully saturated rings. The Morgan fingerprint density at radius 3 is 2.60 bits per heavy atom. The molecule has 3 rings (SSSR count). The van der Waals surface area contributed by atoms with Crippen LogP contribution in [-0.4, -0.2) is 21.1 Å². The van der Waals surface area contributed by atoms with Gasteiger partial charge in [0, 0.05) is 4.88 Å². The van der Waals surface area contributed by atoms with Gasteiger partial charge in [-0.25, -0.2) is 4.98 Å². The Morgan fingerprint density at radius 1 is 1.20 bits per heavy atom. The third kappa shape index (κ3) is 3.16. The van der Waals surface area contributed by atoms with Crippen molar-refractivity contribution in [3.05, 3.63) is 50.1 Å². The highest BCUT2D eigenvalue weighted by molar-refractivity contribution is 7.99. The number of hydrogen-bond donors (Lipinski definition) is 0. The van der Waals surface area contributed by atoms with Crippen molar-refractivity contribution in [1.82, 2.24) is 9.55 Å². The number of nitrogens with zero attached hydrogens (tertiary/aromatic N) is 2. The van der Waals surface area contributed by atoms with Gasteiger partial charge in [0.2, 0.25) is 0 Å². The van der Waals surface area contributed by atoms with Gasteiger partial charge in [0.05, 0.1) is 16.8 Å². The lowest BCUT2D eigenvalue weighted by atomic mass is 10.1. The van der Waals surface area contributed by atoms with Gasteiger partial charge >= 0.3 is 0 Å². The first kappa shape index (κ1) is 17.9. The molecule has 2 aromatic heterocycles. The molecule has 0 aliphatic heterocycles. The van der Waals surface area contributed by atoms with Crippen molar-refractivity contribution < 1.29 is 4.79 Å². The molecule has 0 radical (unpaired) electrons. The summed E-state index contributed by atoms with van der Waals surface area (Å²) in [6.45, 7) is 9.55. The molecule has 0 N–H and O–H groups in total. The van der Waals surface area contributed by atoms with Gasteiger partial charge in [-0.3, -0.25) is 14.2 Å². The van der Waals surface area contributed by atoms with Crippen LogP contribution >= 0.6 is 23.1 Å². The first-order valence-corrected chi connectivity index (χ1v) is 9.83. The lowest BCUT2D eigenvalue weighted by Gasteiger charge is -2.15. The van der Waals surface area contributed by atoms with E-state index in [4.69, 9.17) is 4.98 Å². The number of benzene rings is 1. The second-order valence-corrected chi connectivity index (χ2v) is 8.35. The highest BCUT2D eigenvalue weighted by atomic mass is 32.2. The van der Waals surface area contributed by atoms with Gasteiger partial charge in [0.25, 0.3) is 5.56 Å². The van der Waals surface area contributed by atoms with Gasteiger partial charge in [-0.05, 0) is 57.4 Å². The van der Waals surface area contributed by atoms with Crippen LogP contribution in [0.5, 0.6) is 0 Å². The van der Waals surface area contributed by atoms with E-state index in [0.717, 1.165) is 32.1 Å². The normalized spacial score (nSPS) is 11.2. The maximum atomic E-state index is 13.3. The molecular formula is C19H20N2O2S2. The molecule has 4 nitrogen and oxygen atoms in total. The molecule has 6 heteroatoms. The molecule has 0 unspecified atom stereocenters. The van der Waals surface area contributed by atoms with E-state index in [2.05, 4.69) is 0 Å². The Bertz CT molecular complexity index is 1050. The van der Waals surface area contributed by atoms with Gasteiger partial charge in [0.15, 0.2) is 5.16 Å². The van der Waals surface area contributed by atoms with Crippen molar-refractivity contribution in [3.8, 4) is 5.69 Å². The zero-order chi connectivity index (χ0) is 18.3. The van der Waals surface area contributed by atoms with Crippen LogP contribution < -0.4 is 5.56 Å². The van der Waals surface area contributed by atoms with Crippen LogP contribution in [0, 0.1) is 27.7 Å². The molecule has 25 heavy (non-hydrogen) atoms. The molecule has 0 spiro atoms. The lowest BCUT2D eigenvalue weighted by Crippen LogP contribution is -2.23. The molecule has 0 atom stereocenters. The Morgan fingerprint density at radius 2 is 1.92 bits per heavy atom. The highest BCUT2D eigenvalue weighted by Gasteiger charge is 2.19. The first-order chi connectivity index (χ1) is 11.8. The van der Waals surface area contributed by atoms with Crippen molar-refractivity contribution in [2.24, 2.45) is 0 Å². The summed E-state index contributed by atoms with van der Waals surface area (Å²) < 4.78 is 1.66. The minimum atomic E-state index is -0.0633. The minimum Gasteiger partial charge on any atom is -0.299 e. The SMILES string of the molecule is CC(=O)CSc1nc2sc(C)c(C)c2c(=O)n1-c1cccc(C)c1C. The van der Waals surface area contributed by atoms with Crippen LogP contribution in [0.15, 0.2) is 28.2 Å². The molecule has 0 bridgehead atoms. The van der Waals surface area contributed by atoms with Crippen molar-refractivity contribution in [1.29, 1.82) is 0 Å². The number of thiophene rings is 1. The van der Waals surface area contributed by atoms with Crippen molar-refractivity contribution in [2.45, 2.75) is 39.8 Å². The van der Waals surface area contributed by atoms with Crippen molar-refractivity contribution >= 4 is 39.1 Å². The zero-order valence-corrected chi connectivity index (χ0v) is 16.6.